The molecule has 1 fully saturated rings. The molecule has 0 radical (unpaired) electrons. The van der Waals surface area contributed by atoms with Crippen molar-refractivity contribution in [2.24, 2.45) is 0 Å². The molecule has 0 saturated carbocycles. The van der Waals surface area contributed by atoms with Crippen LogP contribution in [0.2, 0.25) is 0 Å². The number of nitrogens with zero attached hydrogens (tertiary/aromatic N) is 1. The Hall–Kier alpha value is -0.870. The van der Waals surface area contributed by atoms with Gasteiger partial charge in [0.1, 0.15) is 0 Å². The van der Waals surface area contributed by atoms with Gasteiger partial charge in [0, 0.05) is 17.6 Å². The van der Waals surface area contributed by atoms with Crippen molar-refractivity contribution in [1.82, 2.24) is 4.90 Å². The van der Waals surface area contributed by atoms with E-state index < -0.39 is 0 Å². The predicted octanol–water partition coefficient (Wildman–Crippen LogP) is 1.96. The second kappa shape index (κ2) is 4.55. The third-order valence-corrected chi connectivity index (χ3v) is 3.49. The molecule has 0 spiro atoms. The Balaban J connectivity index is 2.23. The van der Waals surface area contributed by atoms with Crippen molar-refractivity contribution in [3.05, 3.63) is 33.8 Å². The maximum Gasteiger partial charge on any atom is 0.255 e. The molecule has 2 rings (SSSR count). The zero-order valence-electron chi connectivity index (χ0n) is 9.11. The van der Waals surface area contributed by atoms with Crippen LogP contribution in [0.3, 0.4) is 0 Å². The van der Waals surface area contributed by atoms with Crippen molar-refractivity contribution in [3.8, 4) is 0 Å². The van der Waals surface area contributed by atoms with E-state index in [2.05, 4.69) is 15.9 Å². The van der Waals surface area contributed by atoms with Gasteiger partial charge in [0.2, 0.25) is 0 Å². The van der Waals surface area contributed by atoms with E-state index in [0.29, 0.717) is 25.1 Å². The Kier molecular flexibility index (Phi) is 3.30. The molecule has 0 unspecified atom stereocenters. The molecule has 1 atom stereocenters. The van der Waals surface area contributed by atoms with Crippen LogP contribution in [0.5, 0.6) is 0 Å². The number of hydrogen-bond acceptors (Lipinski definition) is 2. The largest absolute Gasteiger partial charge is 0.391 e. The maximum atomic E-state index is 12.2. The van der Waals surface area contributed by atoms with Crippen molar-refractivity contribution < 1.29 is 9.90 Å². The summed E-state index contributed by atoms with van der Waals surface area (Å²) in [7, 11) is 0. The lowest BCUT2D eigenvalue weighted by Gasteiger charge is -2.16. The highest BCUT2D eigenvalue weighted by atomic mass is 79.9. The molecule has 4 heteroatoms. The maximum absolute atomic E-state index is 12.2. The molecule has 0 bridgehead atoms. The summed E-state index contributed by atoms with van der Waals surface area (Å²) >= 11 is 3.38. The Labute approximate surface area is 103 Å². The lowest BCUT2D eigenvalue weighted by atomic mass is 10.1. The average Bonchev–Trinajstić information content (AvgIpc) is 2.67. The average molecular weight is 284 g/mol. The molecule has 1 aliphatic heterocycles. The van der Waals surface area contributed by atoms with Crippen molar-refractivity contribution >= 4 is 21.8 Å². The number of aliphatic hydroxyl groups is 1. The number of carbonyl (C=O) groups is 1. The Bertz CT molecular complexity index is 419. The van der Waals surface area contributed by atoms with Gasteiger partial charge in [-0.05, 0) is 41.4 Å². The first-order chi connectivity index (χ1) is 7.58. The summed E-state index contributed by atoms with van der Waals surface area (Å²) in [5.41, 5.74) is 1.74. The van der Waals surface area contributed by atoms with Gasteiger partial charge in [-0.2, -0.15) is 0 Å². The van der Waals surface area contributed by atoms with Crippen molar-refractivity contribution in [2.45, 2.75) is 19.4 Å². The van der Waals surface area contributed by atoms with E-state index in [1.807, 2.05) is 25.1 Å². The number of hydrogen-bond donors (Lipinski definition) is 1. The number of β-amino-alcohol motifs (C(OH)–C–C–N with tert-alkyl or cyclic N) is 1. The van der Waals surface area contributed by atoms with Gasteiger partial charge in [-0.3, -0.25) is 4.79 Å². The summed E-state index contributed by atoms with van der Waals surface area (Å²) in [4.78, 5) is 13.8. The number of benzene rings is 1. The van der Waals surface area contributed by atoms with Gasteiger partial charge in [0.05, 0.1) is 11.7 Å². The van der Waals surface area contributed by atoms with Gasteiger partial charge in [-0.25, -0.2) is 0 Å². The first-order valence-corrected chi connectivity index (χ1v) is 6.10. The minimum Gasteiger partial charge on any atom is -0.391 e. The molecule has 1 aromatic carbocycles. The summed E-state index contributed by atoms with van der Waals surface area (Å²) in [6.45, 7) is 3.04. The Morgan fingerprint density at radius 2 is 2.31 bits per heavy atom. The van der Waals surface area contributed by atoms with Crippen LogP contribution < -0.4 is 0 Å². The molecular formula is C12H14BrNO2. The van der Waals surface area contributed by atoms with E-state index in [1.165, 1.54) is 0 Å². The monoisotopic (exact) mass is 283 g/mol. The van der Waals surface area contributed by atoms with Crippen LogP contribution in [0.1, 0.15) is 22.3 Å². The summed E-state index contributed by atoms with van der Waals surface area (Å²) in [6.07, 6.45) is 0.308. The van der Waals surface area contributed by atoms with Gasteiger partial charge in [0.15, 0.2) is 0 Å². The molecule has 16 heavy (non-hydrogen) atoms. The number of aryl methyl sites for hydroxylation is 1. The SMILES string of the molecule is Cc1ccc(Br)c(C(=O)N2CC[C@H](O)C2)c1. The van der Waals surface area contributed by atoms with Crippen LogP contribution in [0.25, 0.3) is 0 Å². The van der Waals surface area contributed by atoms with Crippen LogP contribution in [-0.4, -0.2) is 35.1 Å². The van der Waals surface area contributed by atoms with Crippen LogP contribution in [-0.2, 0) is 0 Å². The number of rotatable bonds is 1. The molecule has 86 valence electrons. The number of halogens is 1. The summed E-state index contributed by atoms with van der Waals surface area (Å²) in [5, 5.41) is 9.41. The van der Waals surface area contributed by atoms with Crippen molar-refractivity contribution in [2.75, 3.05) is 13.1 Å². The third kappa shape index (κ3) is 2.28. The fourth-order valence-corrected chi connectivity index (χ4v) is 2.32. The molecule has 0 aliphatic carbocycles. The zero-order chi connectivity index (χ0) is 11.7. The van der Waals surface area contributed by atoms with Crippen LogP contribution in [0.15, 0.2) is 22.7 Å². The van der Waals surface area contributed by atoms with Gasteiger partial charge in [0.25, 0.3) is 5.91 Å². The summed E-state index contributed by atoms with van der Waals surface area (Å²) in [6, 6.07) is 5.71. The van der Waals surface area contributed by atoms with Crippen molar-refractivity contribution in [1.29, 1.82) is 0 Å². The molecule has 3 nitrogen and oxygen atoms in total. The summed E-state index contributed by atoms with van der Waals surface area (Å²) in [5.74, 6) is -0.00729. The number of likely N-dealkylation sites (tertiary alicyclic amines) is 1. The smallest absolute Gasteiger partial charge is 0.255 e. The minimum absolute atomic E-state index is 0.00729. The molecule has 1 heterocycles. The van der Waals surface area contributed by atoms with E-state index in [4.69, 9.17) is 0 Å². The molecular weight excluding hydrogens is 270 g/mol. The molecule has 1 saturated heterocycles. The van der Waals surface area contributed by atoms with Crippen LogP contribution in [0, 0.1) is 6.92 Å². The second-order valence-electron chi connectivity index (χ2n) is 4.18. The lowest BCUT2D eigenvalue weighted by Crippen LogP contribution is -2.29. The molecule has 1 amide bonds. The topological polar surface area (TPSA) is 40.5 Å². The van der Waals surface area contributed by atoms with Gasteiger partial charge in [-0.15, -0.1) is 0 Å². The Morgan fingerprint density at radius 1 is 1.56 bits per heavy atom. The van der Waals surface area contributed by atoms with E-state index in [1.54, 1.807) is 4.90 Å². The van der Waals surface area contributed by atoms with E-state index in [9.17, 15) is 9.90 Å². The molecule has 1 aromatic rings. The second-order valence-corrected chi connectivity index (χ2v) is 5.03. The predicted molar refractivity (Wildman–Crippen MR) is 65.4 cm³/mol. The number of amides is 1. The van der Waals surface area contributed by atoms with Gasteiger partial charge >= 0.3 is 0 Å². The molecule has 1 N–H and O–H groups in total. The van der Waals surface area contributed by atoms with Crippen LogP contribution >= 0.6 is 15.9 Å². The standard InChI is InChI=1S/C12H14BrNO2/c1-8-2-3-11(13)10(6-8)12(16)14-5-4-9(15)7-14/h2-3,6,9,15H,4-5,7H2,1H3/t9-/m0/s1. The number of aliphatic hydroxyl groups excluding tert-OH is 1. The van der Waals surface area contributed by atoms with Gasteiger partial charge in [-0.1, -0.05) is 11.6 Å². The third-order valence-electron chi connectivity index (χ3n) is 2.80. The lowest BCUT2D eigenvalue weighted by molar-refractivity contribution is 0.0764. The minimum atomic E-state index is -0.368. The highest BCUT2D eigenvalue weighted by Crippen LogP contribution is 2.22. The molecule has 1 aliphatic rings. The van der Waals surface area contributed by atoms with E-state index >= 15 is 0 Å². The number of carbonyl (C=O) groups excluding carboxylic acids is 1. The van der Waals surface area contributed by atoms with Crippen LogP contribution in [0.4, 0.5) is 0 Å². The quantitative estimate of drug-likeness (QED) is 0.856. The first kappa shape index (κ1) is 11.6. The zero-order valence-corrected chi connectivity index (χ0v) is 10.7. The first-order valence-electron chi connectivity index (χ1n) is 5.31. The highest BCUT2D eigenvalue weighted by molar-refractivity contribution is 9.10. The molecule has 0 aromatic heterocycles. The normalized spacial score (nSPS) is 20.2. The van der Waals surface area contributed by atoms with Gasteiger partial charge < -0.3 is 10.0 Å². The van der Waals surface area contributed by atoms with E-state index in [-0.39, 0.29) is 12.0 Å². The van der Waals surface area contributed by atoms with E-state index in [0.717, 1.165) is 10.0 Å². The Morgan fingerprint density at radius 3 is 2.94 bits per heavy atom. The fourth-order valence-electron chi connectivity index (χ4n) is 1.90. The highest BCUT2D eigenvalue weighted by Gasteiger charge is 2.26. The summed E-state index contributed by atoms with van der Waals surface area (Å²) < 4.78 is 0.810. The fraction of sp³-hybridized carbons (Fsp3) is 0.417. The van der Waals surface area contributed by atoms with Crippen molar-refractivity contribution in [3.63, 3.8) is 0 Å².